The highest BCUT2D eigenvalue weighted by molar-refractivity contribution is 9.10. The highest BCUT2D eigenvalue weighted by Crippen LogP contribution is 2.24. The first-order valence-corrected chi connectivity index (χ1v) is 5.37. The lowest BCUT2D eigenvalue weighted by Crippen LogP contribution is -1.97. The maximum absolute atomic E-state index is 13.3. The van der Waals surface area contributed by atoms with Crippen LogP contribution in [-0.2, 0) is 0 Å². The van der Waals surface area contributed by atoms with E-state index in [0.717, 1.165) is 0 Å². The monoisotopic (exact) mass is 281 g/mol. The number of pyridine rings is 1. The first kappa shape index (κ1) is 10.9. The molecule has 0 fully saturated rings. The molecule has 0 radical (unpaired) electrons. The summed E-state index contributed by atoms with van der Waals surface area (Å²) < 4.78 is 13.7. The van der Waals surface area contributed by atoms with Crippen molar-refractivity contribution in [3.05, 3.63) is 46.9 Å². The van der Waals surface area contributed by atoms with Gasteiger partial charge >= 0.3 is 0 Å². The van der Waals surface area contributed by atoms with Gasteiger partial charge in [0.25, 0.3) is 0 Å². The molecule has 2 rings (SSSR count). The maximum Gasteiger partial charge on any atom is 0.139 e. The maximum atomic E-state index is 13.3. The van der Waals surface area contributed by atoms with Gasteiger partial charge < -0.3 is 11.1 Å². The molecule has 0 spiro atoms. The van der Waals surface area contributed by atoms with Gasteiger partial charge in [0, 0.05) is 11.9 Å². The molecular weight excluding hydrogens is 273 g/mol. The standard InChI is InChI=1S/C11H9BrFN3/c12-8-2-1-7(5-9(8)13)16-11-3-4-15-6-10(11)14/h1-6H,14H2,(H,15,16). The Bertz CT molecular complexity index is 516. The number of halogens is 2. The van der Waals surface area contributed by atoms with Crippen molar-refractivity contribution in [1.82, 2.24) is 4.98 Å². The number of hydrogen-bond donors (Lipinski definition) is 2. The highest BCUT2D eigenvalue weighted by atomic mass is 79.9. The third kappa shape index (κ3) is 2.30. The van der Waals surface area contributed by atoms with E-state index in [1.807, 2.05) is 0 Å². The molecule has 1 heterocycles. The van der Waals surface area contributed by atoms with Gasteiger partial charge in [0.15, 0.2) is 0 Å². The highest BCUT2D eigenvalue weighted by Gasteiger charge is 2.02. The Labute approximate surface area is 101 Å². The Balaban J connectivity index is 2.28. The van der Waals surface area contributed by atoms with Gasteiger partial charge in [-0.3, -0.25) is 4.98 Å². The third-order valence-corrected chi connectivity index (χ3v) is 2.69. The third-order valence-electron chi connectivity index (χ3n) is 2.05. The topological polar surface area (TPSA) is 50.9 Å². The number of nitrogens with two attached hydrogens (primary N) is 1. The van der Waals surface area contributed by atoms with E-state index < -0.39 is 0 Å². The van der Waals surface area contributed by atoms with Gasteiger partial charge in [-0.1, -0.05) is 0 Å². The molecule has 0 saturated heterocycles. The lowest BCUT2D eigenvalue weighted by atomic mass is 10.3. The average molecular weight is 282 g/mol. The van der Waals surface area contributed by atoms with E-state index in [4.69, 9.17) is 5.73 Å². The lowest BCUT2D eigenvalue weighted by molar-refractivity contribution is 0.622. The molecule has 3 N–H and O–H groups in total. The van der Waals surface area contributed by atoms with Crippen molar-refractivity contribution < 1.29 is 4.39 Å². The summed E-state index contributed by atoms with van der Waals surface area (Å²) >= 11 is 3.09. The van der Waals surface area contributed by atoms with Crippen molar-refractivity contribution in [2.24, 2.45) is 0 Å². The summed E-state index contributed by atoms with van der Waals surface area (Å²) in [5.41, 5.74) is 7.57. The molecule has 5 heteroatoms. The molecule has 0 aliphatic rings. The van der Waals surface area contributed by atoms with E-state index >= 15 is 0 Å². The van der Waals surface area contributed by atoms with Crippen LogP contribution in [0.2, 0.25) is 0 Å². The van der Waals surface area contributed by atoms with Gasteiger partial charge in [0.2, 0.25) is 0 Å². The Kier molecular flexibility index (Phi) is 3.05. The van der Waals surface area contributed by atoms with Gasteiger partial charge in [-0.05, 0) is 40.2 Å². The first-order valence-electron chi connectivity index (χ1n) is 4.58. The Morgan fingerprint density at radius 3 is 2.81 bits per heavy atom. The average Bonchev–Trinajstić information content (AvgIpc) is 2.27. The van der Waals surface area contributed by atoms with Crippen LogP contribution in [0, 0.1) is 5.82 Å². The molecule has 0 unspecified atom stereocenters. The molecule has 3 nitrogen and oxygen atoms in total. The van der Waals surface area contributed by atoms with Crippen molar-refractivity contribution in [1.29, 1.82) is 0 Å². The summed E-state index contributed by atoms with van der Waals surface area (Å²) in [6.07, 6.45) is 3.16. The molecule has 82 valence electrons. The number of aromatic nitrogens is 1. The van der Waals surface area contributed by atoms with Crippen LogP contribution in [0.1, 0.15) is 0 Å². The minimum absolute atomic E-state index is 0.322. The van der Waals surface area contributed by atoms with E-state index in [0.29, 0.717) is 21.5 Å². The number of rotatable bonds is 2. The van der Waals surface area contributed by atoms with Gasteiger partial charge in [-0.15, -0.1) is 0 Å². The summed E-state index contributed by atoms with van der Waals surface area (Å²) in [6, 6.07) is 6.52. The molecule has 0 aliphatic carbocycles. The summed E-state index contributed by atoms with van der Waals surface area (Å²) in [4.78, 5) is 3.87. The molecule has 0 amide bonds. The molecule has 0 aliphatic heterocycles. The minimum atomic E-state index is -0.322. The normalized spacial score (nSPS) is 10.1. The van der Waals surface area contributed by atoms with Crippen molar-refractivity contribution in [2.45, 2.75) is 0 Å². The number of anilines is 3. The molecule has 2 aromatic rings. The van der Waals surface area contributed by atoms with Gasteiger partial charge in [-0.2, -0.15) is 0 Å². The molecule has 1 aromatic carbocycles. The quantitative estimate of drug-likeness (QED) is 0.888. The Morgan fingerprint density at radius 1 is 1.31 bits per heavy atom. The zero-order valence-electron chi connectivity index (χ0n) is 8.24. The summed E-state index contributed by atoms with van der Waals surface area (Å²) in [5.74, 6) is -0.322. The van der Waals surface area contributed by atoms with Crippen LogP contribution >= 0.6 is 15.9 Å². The van der Waals surface area contributed by atoms with Gasteiger partial charge in [-0.25, -0.2) is 4.39 Å². The van der Waals surface area contributed by atoms with Crippen LogP contribution in [0.3, 0.4) is 0 Å². The van der Waals surface area contributed by atoms with E-state index in [1.54, 1.807) is 24.4 Å². The van der Waals surface area contributed by atoms with Crippen LogP contribution < -0.4 is 11.1 Å². The molecule has 1 aromatic heterocycles. The fraction of sp³-hybridized carbons (Fsp3) is 0. The second kappa shape index (κ2) is 4.49. The number of hydrogen-bond acceptors (Lipinski definition) is 3. The van der Waals surface area contributed by atoms with Crippen molar-refractivity contribution in [3.63, 3.8) is 0 Å². The number of benzene rings is 1. The fourth-order valence-corrected chi connectivity index (χ4v) is 1.50. The fourth-order valence-electron chi connectivity index (χ4n) is 1.25. The summed E-state index contributed by atoms with van der Waals surface area (Å²) in [7, 11) is 0. The van der Waals surface area contributed by atoms with E-state index in [-0.39, 0.29) is 5.82 Å². The largest absolute Gasteiger partial charge is 0.396 e. The van der Waals surface area contributed by atoms with Crippen molar-refractivity contribution >= 4 is 33.0 Å². The first-order chi connectivity index (χ1) is 7.66. The summed E-state index contributed by atoms with van der Waals surface area (Å²) in [6.45, 7) is 0. The molecule has 16 heavy (non-hydrogen) atoms. The smallest absolute Gasteiger partial charge is 0.139 e. The molecule has 0 saturated carbocycles. The van der Waals surface area contributed by atoms with Gasteiger partial charge in [0.05, 0.1) is 22.0 Å². The predicted octanol–water partition coefficient (Wildman–Crippen LogP) is 3.31. The van der Waals surface area contributed by atoms with Crippen LogP contribution in [0.25, 0.3) is 0 Å². The van der Waals surface area contributed by atoms with Gasteiger partial charge in [0.1, 0.15) is 5.82 Å². The minimum Gasteiger partial charge on any atom is -0.396 e. The predicted molar refractivity (Wildman–Crippen MR) is 66.0 cm³/mol. The Morgan fingerprint density at radius 2 is 2.12 bits per heavy atom. The number of nitrogen functional groups attached to an aromatic ring is 1. The molecule has 0 bridgehead atoms. The molecule has 0 atom stereocenters. The Hall–Kier alpha value is -1.62. The SMILES string of the molecule is Nc1cnccc1Nc1ccc(Br)c(F)c1. The van der Waals surface area contributed by atoms with Crippen LogP contribution in [0.5, 0.6) is 0 Å². The molecular formula is C11H9BrFN3. The van der Waals surface area contributed by atoms with Crippen molar-refractivity contribution in [3.8, 4) is 0 Å². The second-order valence-corrected chi connectivity index (χ2v) is 4.07. The van der Waals surface area contributed by atoms with Crippen LogP contribution in [0.4, 0.5) is 21.5 Å². The zero-order chi connectivity index (χ0) is 11.5. The lowest BCUT2D eigenvalue weighted by Gasteiger charge is -2.08. The van der Waals surface area contributed by atoms with Crippen LogP contribution in [0.15, 0.2) is 41.1 Å². The number of nitrogens with one attached hydrogen (secondary N) is 1. The number of nitrogens with zero attached hydrogens (tertiary/aromatic N) is 1. The summed E-state index contributed by atoms with van der Waals surface area (Å²) in [5, 5.41) is 3.01. The second-order valence-electron chi connectivity index (χ2n) is 3.22. The zero-order valence-corrected chi connectivity index (χ0v) is 9.83. The van der Waals surface area contributed by atoms with Crippen LogP contribution in [-0.4, -0.2) is 4.98 Å². The van der Waals surface area contributed by atoms with E-state index in [1.165, 1.54) is 12.3 Å². The van der Waals surface area contributed by atoms with E-state index in [2.05, 4.69) is 26.2 Å². The van der Waals surface area contributed by atoms with Crippen molar-refractivity contribution in [2.75, 3.05) is 11.1 Å². The van der Waals surface area contributed by atoms with E-state index in [9.17, 15) is 4.39 Å².